The summed E-state index contributed by atoms with van der Waals surface area (Å²) in [6, 6.07) is 4.04. The van der Waals surface area contributed by atoms with E-state index in [-0.39, 0.29) is 16.3 Å². The third kappa shape index (κ3) is 2.91. The van der Waals surface area contributed by atoms with Crippen molar-refractivity contribution in [1.82, 2.24) is 4.31 Å². The van der Waals surface area contributed by atoms with E-state index in [2.05, 4.69) is 13.8 Å². The van der Waals surface area contributed by atoms with E-state index in [9.17, 15) is 13.5 Å². The highest BCUT2D eigenvalue weighted by molar-refractivity contribution is 7.89. The van der Waals surface area contributed by atoms with E-state index in [0.717, 1.165) is 12.8 Å². The van der Waals surface area contributed by atoms with Gasteiger partial charge < -0.3 is 10.8 Å². The van der Waals surface area contributed by atoms with Gasteiger partial charge >= 0.3 is 0 Å². The van der Waals surface area contributed by atoms with Crippen molar-refractivity contribution in [2.45, 2.75) is 31.6 Å². The molecular weight excluding hydrogens is 276 g/mol. The lowest BCUT2D eigenvalue weighted by Gasteiger charge is -2.33. The van der Waals surface area contributed by atoms with Crippen molar-refractivity contribution in [3.05, 3.63) is 18.2 Å². The Bertz CT molecular complexity index is 576. The number of hydrogen-bond acceptors (Lipinski definition) is 4. The zero-order chi connectivity index (χ0) is 14.9. The molecule has 5 nitrogen and oxygen atoms in total. The summed E-state index contributed by atoms with van der Waals surface area (Å²) in [6.45, 7) is 5.45. The minimum absolute atomic E-state index is 0.0862. The third-order valence-corrected chi connectivity index (χ3v) is 5.97. The van der Waals surface area contributed by atoms with Crippen LogP contribution in [0.15, 0.2) is 23.1 Å². The van der Waals surface area contributed by atoms with E-state index in [1.54, 1.807) is 0 Å². The van der Waals surface area contributed by atoms with Gasteiger partial charge in [0.05, 0.1) is 10.6 Å². The van der Waals surface area contributed by atoms with Crippen molar-refractivity contribution in [1.29, 1.82) is 0 Å². The molecule has 0 aromatic heterocycles. The largest absolute Gasteiger partial charge is 0.506 e. The molecule has 1 heterocycles. The normalized spacial score (nSPS) is 18.6. The summed E-state index contributed by atoms with van der Waals surface area (Å²) in [4.78, 5) is 0.149. The fourth-order valence-electron chi connectivity index (χ4n) is 2.62. The number of phenols is 1. The van der Waals surface area contributed by atoms with Crippen LogP contribution in [0.4, 0.5) is 5.69 Å². The standard InChI is InChI=1S/C14H22N2O3S/c1-10(2)11-5-7-16(8-6-11)20(18,19)12-3-4-14(17)13(15)9-12/h3-4,9-11,17H,5-8,15H2,1-2H3. The lowest BCUT2D eigenvalue weighted by atomic mass is 9.87. The maximum atomic E-state index is 12.5. The Morgan fingerprint density at radius 3 is 2.40 bits per heavy atom. The maximum Gasteiger partial charge on any atom is 0.243 e. The van der Waals surface area contributed by atoms with Gasteiger partial charge in [-0.15, -0.1) is 0 Å². The van der Waals surface area contributed by atoms with Crippen molar-refractivity contribution >= 4 is 15.7 Å². The van der Waals surface area contributed by atoms with E-state index in [4.69, 9.17) is 5.73 Å². The number of rotatable bonds is 3. The summed E-state index contributed by atoms with van der Waals surface area (Å²) in [5, 5.41) is 9.38. The Morgan fingerprint density at radius 1 is 1.30 bits per heavy atom. The fourth-order valence-corrected chi connectivity index (χ4v) is 4.13. The van der Waals surface area contributed by atoms with Gasteiger partial charge in [-0.05, 0) is 42.9 Å². The highest BCUT2D eigenvalue weighted by Gasteiger charge is 2.30. The van der Waals surface area contributed by atoms with Gasteiger partial charge in [0.2, 0.25) is 10.0 Å². The van der Waals surface area contributed by atoms with Gasteiger partial charge in [0, 0.05) is 13.1 Å². The number of anilines is 1. The number of sulfonamides is 1. The molecule has 0 atom stereocenters. The zero-order valence-electron chi connectivity index (χ0n) is 11.9. The number of phenolic OH excluding ortho intramolecular Hbond substituents is 1. The van der Waals surface area contributed by atoms with Gasteiger partial charge in [0.1, 0.15) is 5.75 Å². The van der Waals surface area contributed by atoms with Crippen LogP contribution in [0.5, 0.6) is 5.75 Å². The van der Waals surface area contributed by atoms with Crippen molar-refractivity contribution < 1.29 is 13.5 Å². The first-order valence-corrected chi connectivity index (χ1v) is 8.35. The molecule has 0 unspecified atom stereocenters. The van der Waals surface area contributed by atoms with Crippen LogP contribution < -0.4 is 5.73 Å². The van der Waals surface area contributed by atoms with Crippen molar-refractivity contribution in [2.24, 2.45) is 11.8 Å². The number of piperidine rings is 1. The second-order valence-corrected chi connectivity index (χ2v) is 7.64. The molecule has 112 valence electrons. The number of nitrogens with two attached hydrogens (primary N) is 1. The number of aromatic hydroxyl groups is 1. The van der Waals surface area contributed by atoms with Crippen LogP contribution in [0.1, 0.15) is 26.7 Å². The number of hydrogen-bond donors (Lipinski definition) is 2. The van der Waals surface area contributed by atoms with E-state index in [0.29, 0.717) is 24.9 Å². The minimum Gasteiger partial charge on any atom is -0.506 e. The molecule has 0 aliphatic carbocycles. The molecule has 0 bridgehead atoms. The van der Waals surface area contributed by atoms with Crippen molar-refractivity contribution in [3.63, 3.8) is 0 Å². The van der Waals surface area contributed by atoms with Crippen LogP contribution >= 0.6 is 0 Å². The molecule has 0 radical (unpaired) electrons. The molecule has 1 aliphatic rings. The molecule has 0 spiro atoms. The van der Waals surface area contributed by atoms with E-state index < -0.39 is 10.0 Å². The number of nitrogens with zero attached hydrogens (tertiary/aromatic N) is 1. The highest BCUT2D eigenvalue weighted by Crippen LogP contribution is 2.30. The molecule has 1 fully saturated rings. The second kappa shape index (κ2) is 5.61. The molecule has 2 rings (SSSR count). The summed E-state index contributed by atoms with van der Waals surface area (Å²) in [7, 11) is -3.51. The molecule has 1 aliphatic heterocycles. The lowest BCUT2D eigenvalue weighted by Crippen LogP contribution is -2.39. The fraction of sp³-hybridized carbons (Fsp3) is 0.571. The molecule has 1 saturated heterocycles. The predicted octanol–water partition coefficient (Wildman–Crippen LogP) is 2.03. The number of nitrogen functional groups attached to an aromatic ring is 1. The Labute approximate surface area is 120 Å². The first-order valence-electron chi connectivity index (χ1n) is 6.91. The Kier molecular flexibility index (Phi) is 4.25. The molecule has 1 aromatic rings. The summed E-state index contributed by atoms with van der Waals surface area (Å²) < 4.78 is 26.5. The summed E-state index contributed by atoms with van der Waals surface area (Å²) in [5.41, 5.74) is 5.66. The SMILES string of the molecule is CC(C)C1CCN(S(=O)(=O)c2ccc(O)c(N)c2)CC1. The van der Waals surface area contributed by atoms with Crippen molar-refractivity contribution in [2.75, 3.05) is 18.8 Å². The van der Waals surface area contributed by atoms with Gasteiger partial charge in [-0.25, -0.2) is 8.42 Å². The van der Waals surface area contributed by atoms with Crippen LogP contribution in [-0.4, -0.2) is 30.9 Å². The summed E-state index contributed by atoms with van der Waals surface area (Å²) in [5.74, 6) is 1.08. The smallest absolute Gasteiger partial charge is 0.243 e. The zero-order valence-corrected chi connectivity index (χ0v) is 12.7. The van der Waals surface area contributed by atoms with E-state index in [1.807, 2.05) is 0 Å². The molecule has 0 saturated carbocycles. The summed E-state index contributed by atoms with van der Waals surface area (Å²) in [6.07, 6.45) is 1.79. The van der Waals surface area contributed by atoms with Gasteiger partial charge in [-0.2, -0.15) is 4.31 Å². The Balaban J connectivity index is 2.17. The molecule has 6 heteroatoms. The first-order chi connectivity index (χ1) is 9.32. The molecule has 1 aromatic carbocycles. The maximum absolute atomic E-state index is 12.5. The van der Waals surface area contributed by atoms with E-state index >= 15 is 0 Å². The molecule has 20 heavy (non-hydrogen) atoms. The van der Waals surface area contributed by atoms with Crippen LogP contribution in [0.2, 0.25) is 0 Å². The minimum atomic E-state index is -3.51. The number of benzene rings is 1. The predicted molar refractivity (Wildman–Crippen MR) is 78.8 cm³/mol. The monoisotopic (exact) mass is 298 g/mol. The van der Waals surface area contributed by atoms with Gasteiger partial charge in [-0.3, -0.25) is 0 Å². The van der Waals surface area contributed by atoms with Gasteiger partial charge in [0.15, 0.2) is 0 Å². The van der Waals surface area contributed by atoms with Crippen LogP contribution in [0, 0.1) is 11.8 Å². The Morgan fingerprint density at radius 2 is 1.90 bits per heavy atom. The quantitative estimate of drug-likeness (QED) is 0.660. The lowest BCUT2D eigenvalue weighted by molar-refractivity contribution is 0.226. The topological polar surface area (TPSA) is 83.6 Å². The molecular formula is C14H22N2O3S. The van der Waals surface area contributed by atoms with E-state index in [1.165, 1.54) is 22.5 Å². The Hall–Kier alpha value is -1.27. The van der Waals surface area contributed by atoms with Crippen LogP contribution in [0.25, 0.3) is 0 Å². The van der Waals surface area contributed by atoms with Gasteiger partial charge in [-0.1, -0.05) is 13.8 Å². The average Bonchev–Trinajstić information content (AvgIpc) is 2.41. The van der Waals surface area contributed by atoms with Crippen molar-refractivity contribution in [3.8, 4) is 5.75 Å². The first kappa shape index (κ1) is 15.1. The summed E-state index contributed by atoms with van der Waals surface area (Å²) >= 11 is 0. The second-order valence-electron chi connectivity index (χ2n) is 5.71. The van der Waals surface area contributed by atoms with Crippen LogP contribution in [0.3, 0.4) is 0 Å². The molecule has 0 amide bonds. The molecule has 3 N–H and O–H groups in total. The third-order valence-electron chi connectivity index (χ3n) is 4.08. The van der Waals surface area contributed by atoms with Gasteiger partial charge in [0.25, 0.3) is 0 Å². The average molecular weight is 298 g/mol. The van der Waals surface area contributed by atoms with Crippen LogP contribution in [-0.2, 0) is 10.0 Å². The highest BCUT2D eigenvalue weighted by atomic mass is 32.2.